The molecule has 0 aliphatic carbocycles. The summed E-state index contributed by atoms with van der Waals surface area (Å²) in [5.41, 5.74) is 0. The van der Waals surface area contributed by atoms with Crippen molar-refractivity contribution < 1.29 is 13.9 Å². The second kappa shape index (κ2) is 4.37. The van der Waals surface area contributed by atoms with Gasteiger partial charge in [-0.15, -0.1) is 0 Å². The molecule has 0 aliphatic rings. The average Bonchev–Trinajstić information content (AvgIpc) is 3.09. The van der Waals surface area contributed by atoms with E-state index in [2.05, 4.69) is 15.1 Å². The molecule has 0 spiro atoms. The summed E-state index contributed by atoms with van der Waals surface area (Å²) < 4.78 is 11.6. The van der Waals surface area contributed by atoms with Crippen LogP contribution >= 0.6 is 0 Å². The lowest BCUT2D eigenvalue weighted by Gasteiger charge is -1.92. The van der Waals surface area contributed by atoms with Gasteiger partial charge in [0.2, 0.25) is 6.33 Å². The minimum atomic E-state index is -0.568. The SMILES string of the molecule is O=[N+]([O-])c1cn(Cc2noc(-c3ccco3)n2)cn1. The first-order valence-corrected chi connectivity index (χ1v) is 5.25. The Balaban J connectivity index is 1.78. The van der Waals surface area contributed by atoms with Gasteiger partial charge in [0.25, 0.3) is 5.89 Å². The number of aromatic nitrogens is 4. The molecular formula is C10H7N5O4. The molecule has 19 heavy (non-hydrogen) atoms. The number of hydrogen-bond donors (Lipinski definition) is 0. The van der Waals surface area contributed by atoms with Gasteiger partial charge < -0.3 is 23.6 Å². The van der Waals surface area contributed by atoms with Gasteiger partial charge in [0, 0.05) is 0 Å². The normalized spacial score (nSPS) is 10.7. The summed E-state index contributed by atoms with van der Waals surface area (Å²) in [6.45, 7) is 0.227. The van der Waals surface area contributed by atoms with Crippen LogP contribution in [0.1, 0.15) is 5.82 Å². The van der Waals surface area contributed by atoms with Crippen molar-refractivity contribution in [1.82, 2.24) is 19.7 Å². The molecule has 0 N–H and O–H groups in total. The van der Waals surface area contributed by atoms with Gasteiger partial charge in [-0.25, -0.2) is 0 Å². The molecule has 3 aromatic heterocycles. The monoisotopic (exact) mass is 261 g/mol. The maximum Gasteiger partial charge on any atom is 0.381 e. The zero-order valence-corrected chi connectivity index (χ0v) is 9.46. The zero-order valence-electron chi connectivity index (χ0n) is 9.46. The van der Waals surface area contributed by atoms with Gasteiger partial charge >= 0.3 is 5.82 Å². The van der Waals surface area contributed by atoms with Crippen LogP contribution in [0, 0.1) is 10.1 Å². The topological polar surface area (TPSA) is 113 Å². The molecule has 0 saturated carbocycles. The predicted molar refractivity (Wildman–Crippen MR) is 60.0 cm³/mol. The summed E-state index contributed by atoms with van der Waals surface area (Å²) in [6.07, 6.45) is 4.13. The molecule has 0 saturated heterocycles. The number of rotatable bonds is 4. The Morgan fingerprint density at radius 3 is 3.05 bits per heavy atom. The van der Waals surface area contributed by atoms with Gasteiger partial charge in [-0.1, -0.05) is 5.16 Å². The Kier molecular flexibility index (Phi) is 2.56. The first-order valence-electron chi connectivity index (χ1n) is 5.25. The Bertz CT molecular complexity index is 699. The molecule has 96 valence electrons. The van der Waals surface area contributed by atoms with Crippen molar-refractivity contribution in [2.45, 2.75) is 6.54 Å². The van der Waals surface area contributed by atoms with Crippen molar-refractivity contribution in [1.29, 1.82) is 0 Å². The molecule has 9 heteroatoms. The molecule has 0 amide bonds. The van der Waals surface area contributed by atoms with Gasteiger partial charge in [0.1, 0.15) is 6.20 Å². The van der Waals surface area contributed by atoms with E-state index in [0.29, 0.717) is 11.6 Å². The van der Waals surface area contributed by atoms with E-state index in [-0.39, 0.29) is 18.3 Å². The van der Waals surface area contributed by atoms with Crippen LogP contribution in [-0.2, 0) is 6.54 Å². The van der Waals surface area contributed by atoms with Gasteiger partial charge in [-0.05, 0) is 22.0 Å². The molecule has 0 radical (unpaired) electrons. The first kappa shape index (κ1) is 11.1. The van der Waals surface area contributed by atoms with Crippen LogP contribution < -0.4 is 0 Å². The van der Waals surface area contributed by atoms with Crippen molar-refractivity contribution >= 4 is 5.82 Å². The van der Waals surface area contributed by atoms with Crippen molar-refractivity contribution in [3.8, 4) is 11.7 Å². The van der Waals surface area contributed by atoms with Crippen molar-refractivity contribution in [3.05, 3.63) is 46.9 Å². The molecule has 9 nitrogen and oxygen atoms in total. The fraction of sp³-hybridized carbons (Fsp3) is 0.100. The van der Waals surface area contributed by atoms with E-state index in [4.69, 9.17) is 8.94 Å². The highest BCUT2D eigenvalue weighted by atomic mass is 16.6. The summed E-state index contributed by atoms with van der Waals surface area (Å²) in [5.74, 6) is 0.874. The van der Waals surface area contributed by atoms with E-state index >= 15 is 0 Å². The zero-order chi connectivity index (χ0) is 13.2. The average molecular weight is 261 g/mol. The molecule has 3 heterocycles. The molecule has 0 aliphatic heterocycles. The van der Waals surface area contributed by atoms with Gasteiger partial charge in [0.15, 0.2) is 11.6 Å². The van der Waals surface area contributed by atoms with E-state index in [1.165, 1.54) is 23.4 Å². The molecule has 0 fully saturated rings. The minimum absolute atomic E-state index is 0.227. The van der Waals surface area contributed by atoms with E-state index < -0.39 is 4.92 Å². The first-order chi connectivity index (χ1) is 9.22. The molecule has 0 bridgehead atoms. The third-order valence-corrected chi connectivity index (χ3v) is 2.33. The van der Waals surface area contributed by atoms with Crippen LogP contribution in [0.5, 0.6) is 0 Å². The summed E-state index contributed by atoms with van der Waals surface area (Å²) in [5, 5.41) is 14.3. The van der Waals surface area contributed by atoms with Crippen LogP contribution in [0.2, 0.25) is 0 Å². The lowest BCUT2D eigenvalue weighted by molar-refractivity contribution is -0.389. The Morgan fingerprint density at radius 1 is 1.47 bits per heavy atom. The fourth-order valence-corrected chi connectivity index (χ4v) is 1.51. The van der Waals surface area contributed by atoms with Crippen molar-refractivity contribution in [2.24, 2.45) is 0 Å². The quantitative estimate of drug-likeness (QED) is 0.516. The maximum absolute atomic E-state index is 10.5. The highest BCUT2D eigenvalue weighted by Gasteiger charge is 2.14. The van der Waals surface area contributed by atoms with E-state index in [1.54, 1.807) is 12.1 Å². The highest BCUT2D eigenvalue weighted by molar-refractivity contribution is 5.42. The standard InChI is InChI=1S/C10H7N5O4/c16-15(17)9-5-14(6-11-9)4-8-12-10(19-13-8)7-2-1-3-18-7/h1-3,5-6H,4H2. The summed E-state index contributed by atoms with van der Waals surface area (Å²) >= 11 is 0. The van der Waals surface area contributed by atoms with E-state index in [9.17, 15) is 10.1 Å². The fourth-order valence-electron chi connectivity index (χ4n) is 1.51. The second-order valence-corrected chi connectivity index (χ2v) is 3.65. The number of nitrogens with zero attached hydrogens (tertiary/aromatic N) is 5. The smallest absolute Gasteiger partial charge is 0.381 e. The van der Waals surface area contributed by atoms with E-state index in [0.717, 1.165) is 0 Å². The Morgan fingerprint density at radius 2 is 2.37 bits per heavy atom. The number of hydrogen-bond acceptors (Lipinski definition) is 7. The van der Waals surface area contributed by atoms with Crippen LogP contribution in [0.4, 0.5) is 5.82 Å². The van der Waals surface area contributed by atoms with Gasteiger partial charge in [-0.3, -0.25) is 0 Å². The number of imidazole rings is 1. The number of furan rings is 1. The third-order valence-electron chi connectivity index (χ3n) is 2.33. The third kappa shape index (κ3) is 2.20. The molecule has 0 atom stereocenters. The summed E-state index contributed by atoms with van der Waals surface area (Å²) in [6, 6.07) is 3.40. The molecule has 3 aromatic rings. The van der Waals surface area contributed by atoms with Gasteiger partial charge in [-0.2, -0.15) is 4.98 Å². The second-order valence-electron chi connectivity index (χ2n) is 3.65. The Hall–Kier alpha value is -2.97. The summed E-state index contributed by atoms with van der Waals surface area (Å²) in [7, 11) is 0. The lowest BCUT2D eigenvalue weighted by atomic mass is 10.4. The molecule has 0 unspecified atom stereocenters. The summed E-state index contributed by atoms with van der Waals surface area (Å²) in [4.78, 5) is 17.7. The lowest BCUT2D eigenvalue weighted by Crippen LogP contribution is -1.98. The molecule has 3 rings (SSSR count). The highest BCUT2D eigenvalue weighted by Crippen LogP contribution is 2.17. The minimum Gasteiger partial charge on any atom is -0.459 e. The van der Waals surface area contributed by atoms with Crippen molar-refractivity contribution in [3.63, 3.8) is 0 Å². The van der Waals surface area contributed by atoms with Crippen LogP contribution in [-0.4, -0.2) is 24.6 Å². The van der Waals surface area contributed by atoms with Crippen LogP contribution in [0.15, 0.2) is 39.9 Å². The van der Waals surface area contributed by atoms with Crippen molar-refractivity contribution in [2.75, 3.05) is 0 Å². The Labute approximate surface area is 105 Å². The predicted octanol–water partition coefficient (Wildman–Crippen LogP) is 1.48. The maximum atomic E-state index is 10.5. The molecule has 0 aromatic carbocycles. The largest absolute Gasteiger partial charge is 0.459 e. The van der Waals surface area contributed by atoms with Crippen LogP contribution in [0.3, 0.4) is 0 Å². The molecular weight excluding hydrogens is 254 g/mol. The number of nitro groups is 1. The van der Waals surface area contributed by atoms with E-state index in [1.807, 2.05) is 0 Å². The van der Waals surface area contributed by atoms with Gasteiger partial charge in [0.05, 0.1) is 12.8 Å². The van der Waals surface area contributed by atoms with Crippen LogP contribution in [0.25, 0.3) is 11.7 Å².